The first-order valence-electron chi connectivity index (χ1n) is 6.73. The number of oxime groups is 1. The molecule has 0 radical (unpaired) electrons. The van der Waals surface area contributed by atoms with Crippen LogP contribution in [0.4, 0.5) is 5.69 Å². The lowest BCUT2D eigenvalue weighted by molar-refractivity contribution is 0.318. The van der Waals surface area contributed by atoms with E-state index in [2.05, 4.69) is 10.1 Å². The second-order valence-corrected chi connectivity index (χ2v) is 5.85. The minimum absolute atomic E-state index is 0.0852. The molecule has 3 rings (SSSR count). The van der Waals surface area contributed by atoms with Crippen molar-refractivity contribution in [3.05, 3.63) is 28.8 Å². The van der Waals surface area contributed by atoms with Gasteiger partial charge in [0.1, 0.15) is 0 Å². The van der Waals surface area contributed by atoms with E-state index in [4.69, 9.17) is 22.5 Å². The molecular weight excluding hydrogens is 262 g/mol. The quantitative estimate of drug-likeness (QED) is 0.377. The van der Waals surface area contributed by atoms with Crippen molar-refractivity contribution in [2.45, 2.75) is 31.7 Å². The highest BCUT2D eigenvalue weighted by molar-refractivity contribution is 6.34. The monoisotopic (exact) mass is 279 g/mol. The molecule has 0 spiro atoms. The van der Waals surface area contributed by atoms with Crippen LogP contribution in [0.15, 0.2) is 23.4 Å². The van der Waals surface area contributed by atoms with E-state index >= 15 is 0 Å². The van der Waals surface area contributed by atoms with E-state index in [0.717, 1.165) is 18.2 Å². The fourth-order valence-corrected chi connectivity index (χ4v) is 2.73. The molecule has 0 atom stereocenters. The van der Waals surface area contributed by atoms with Gasteiger partial charge in [-0.25, -0.2) is 0 Å². The molecule has 4 nitrogen and oxygen atoms in total. The number of rotatable bonds is 5. The molecule has 0 bridgehead atoms. The molecule has 5 heteroatoms. The first-order chi connectivity index (χ1) is 9.20. The van der Waals surface area contributed by atoms with Crippen LogP contribution in [0.25, 0.3) is 0 Å². The lowest BCUT2D eigenvalue weighted by Gasteiger charge is -2.27. The lowest BCUT2D eigenvalue weighted by atomic mass is 10.1. The van der Waals surface area contributed by atoms with Crippen LogP contribution in [-0.2, 0) is 0 Å². The summed E-state index contributed by atoms with van der Waals surface area (Å²) in [4.78, 5) is 2.39. The highest BCUT2D eigenvalue weighted by Gasteiger charge is 2.35. The van der Waals surface area contributed by atoms with Gasteiger partial charge >= 0.3 is 0 Å². The number of halogens is 1. The van der Waals surface area contributed by atoms with Crippen LogP contribution in [0.2, 0.25) is 5.02 Å². The van der Waals surface area contributed by atoms with Crippen LogP contribution in [-0.4, -0.2) is 23.6 Å². The topological polar surface area (TPSA) is 61.9 Å². The number of hydrogen-bond acceptors (Lipinski definition) is 3. The predicted octanol–water partition coefficient (Wildman–Crippen LogP) is 2.81. The first-order valence-corrected chi connectivity index (χ1v) is 7.11. The molecule has 3 N–H and O–H groups in total. The van der Waals surface area contributed by atoms with Gasteiger partial charge in [-0.1, -0.05) is 22.8 Å². The van der Waals surface area contributed by atoms with Gasteiger partial charge < -0.3 is 15.8 Å². The summed E-state index contributed by atoms with van der Waals surface area (Å²) in [5.41, 5.74) is 7.44. The number of nitrogens with zero attached hydrogens (tertiary/aromatic N) is 2. The molecule has 0 aliphatic heterocycles. The Morgan fingerprint density at radius 1 is 1.37 bits per heavy atom. The van der Waals surface area contributed by atoms with Crippen molar-refractivity contribution in [1.82, 2.24) is 0 Å². The molecule has 0 aromatic heterocycles. The predicted molar refractivity (Wildman–Crippen MR) is 77.1 cm³/mol. The van der Waals surface area contributed by atoms with E-state index in [1.807, 2.05) is 12.1 Å². The summed E-state index contributed by atoms with van der Waals surface area (Å²) in [6.07, 6.45) is 5.05. The van der Waals surface area contributed by atoms with E-state index in [0.29, 0.717) is 16.6 Å². The molecule has 0 amide bonds. The van der Waals surface area contributed by atoms with Crippen LogP contribution in [0.5, 0.6) is 0 Å². The van der Waals surface area contributed by atoms with Crippen molar-refractivity contribution in [3.8, 4) is 0 Å². The smallest absolute Gasteiger partial charge is 0.173 e. The number of hydrogen-bond donors (Lipinski definition) is 2. The molecule has 2 fully saturated rings. The standard InChI is InChI=1S/C14H18ClN3O/c15-11-2-1-3-12(13(11)14(16)17-19)18(10-6-7-10)8-9-4-5-9/h1-3,9-10,19H,4-8H2,(H2,16,17). The number of anilines is 1. The fraction of sp³-hybridized carbons (Fsp3) is 0.500. The van der Waals surface area contributed by atoms with E-state index in [9.17, 15) is 0 Å². The van der Waals surface area contributed by atoms with E-state index in [1.54, 1.807) is 6.07 Å². The van der Waals surface area contributed by atoms with E-state index in [-0.39, 0.29) is 5.84 Å². The lowest BCUT2D eigenvalue weighted by Crippen LogP contribution is -2.31. The summed E-state index contributed by atoms with van der Waals surface area (Å²) in [7, 11) is 0. The maximum Gasteiger partial charge on any atom is 0.173 e. The molecule has 2 aliphatic carbocycles. The summed E-state index contributed by atoms with van der Waals surface area (Å²) in [5.74, 6) is 0.877. The van der Waals surface area contributed by atoms with Gasteiger partial charge in [0.2, 0.25) is 0 Å². The second kappa shape index (κ2) is 4.93. The molecule has 2 aliphatic rings. The summed E-state index contributed by atoms with van der Waals surface area (Å²) in [5, 5.41) is 12.6. The van der Waals surface area contributed by atoms with Gasteiger partial charge in [-0.05, 0) is 43.7 Å². The van der Waals surface area contributed by atoms with Gasteiger partial charge in [-0.15, -0.1) is 0 Å². The Kier molecular flexibility index (Phi) is 3.27. The molecule has 0 saturated heterocycles. The van der Waals surface area contributed by atoms with Crippen LogP contribution >= 0.6 is 11.6 Å². The molecule has 0 heterocycles. The fourth-order valence-electron chi connectivity index (χ4n) is 2.46. The minimum atomic E-state index is 0.0852. The summed E-state index contributed by atoms with van der Waals surface area (Å²) in [6.45, 7) is 1.05. The van der Waals surface area contributed by atoms with Crippen molar-refractivity contribution in [3.63, 3.8) is 0 Å². The molecule has 1 aromatic rings. The average Bonchev–Trinajstić information content (AvgIpc) is 3.27. The van der Waals surface area contributed by atoms with Gasteiger partial charge in [0.25, 0.3) is 0 Å². The van der Waals surface area contributed by atoms with Crippen LogP contribution in [0, 0.1) is 5.92 Å². The Morgan fingerprint density at radius 3 is 2.68 bits per heavy atom. The van der Waals surface area contributed by atoms with Gasteiger partial charge in [0.15, 0.2) is 5.84 Å². The van der Waals surface area contributed by atoms with Gasteiger partial charge in [-0.2, -0.15) is 0 Å². The first kappa shape index (κ1) is 12.6. The number of nitrogens with two attached hydrogens (primary N) is 1. The summed E-state index contributed by atoms with van der Waals surface area (Å²) in [6, 6.07) is 6.30. The maximum absolute atomic E-state index is 8.95. The molecule has 19 heavy (non-hydrogen) atoms. The summed E-state index contributed by atoms with van der Waals surface area (Å²) < 4.78 is 0. The molecule has 2 saturated carbocycles. The molecular formula is C14H18ClN3O. The van der Waals surface area contributed by atoms with Crippen molar-refractivity contribution in [2.24, 2.45) is 16.8 Å². The van der Waals surface area contributed by atoms with Crippen LogP contribution in [0.3, 0.4) is 0 Å². The SMILES string of the molecule is NC(=NO)c1c(Cl)cccc1N(CC1CC1)C1CC1. The van der Waals surface area contributed by atoms with Crippen LogP contribution < -0.4 is 10.6 Å². The highest BCUT2D eigenvalue weighted by Crippen LogP contribution is 2.40. The summed E-state index contributed by atoms with van der Waals surface area (Å²) >= 11 is 6.23. The number of benzene rings is 1. The molecule has 102 valence electrons. The van der Waals surface area contributed by atoms with E-state index in [1.165, 1.54) is 25.7 Å². The van der Waals surface area contributed by atoms with Crippen molar-refractivity contribution < 1.29 is 5.21 Å². The zero-order valence-corrected chi connectivity index (χ0v) is 11.5. The largest absolute Gasteiger partial charge is 0.409 e. The Balaban J connectivity index is 1.98. The van der Waals surface area contributed by atoms with Crippen molar-refractivity contribution >= 4 is 23.1 Å². The Bertz CT molecular complexity index is 509. The Morgan fingerprint density at radius 2 is 2.11 bits per heavy atom. The Labute approximate surface area is 117 Å². The minimum Gasteiger partial charge on any atom is -0.409 e. The van der Waals surface area contributed by atoms with Crippen LogP contribution in [0.1, 0.15) is 31.2 Å². The zero-order valence-electron chi connectivity index (χ0n) is 10.7. The maximum atomic E-state index is 8.95. The van der Waals surface area contributed by atoms with Gasteiger partial charge in [-0.3, -0.25) is 0 Å². The van der Waals surface area contributed by atoms with Gasteiger partial charge in [0, 0.05) is 18.3 Å². The second-order valence-electron chi connectivity index (χ2n) is 5.45. The van der Waals surface area contributed by atoms with Crippen molar-refractivity contribution in [2.75, 3.05) is 11.4 Å². The zero-order chi connectivity index (χ0) is 13.4. The van der Waals surface area contributed by atoms with Crippen molar-refractivity contribution in [1.29, 1.82) is 0 Å². The highest BCUT2D eigenvalue weighted by atomic mass is 35.5. The normalized spacial score (nSPS) is 19.5. The van der Waals surface area contributed by atoms with E-state index < -0.39 is 0 Å². The molecule has 0 unspecified atom stereocenters. The third-order valence-electron chi connectivity index (χ3n) is 3.80. The third kappa shape index (κ3) is 2.63. The average molecular weight is 280 g/mol. The molecule has 1 aromatic carbocycles. The third-order valence-corrected chi connectivity index (χ3v) is 4.12. The van der Waals surface area contributed by atoms with Gasteiger partial charge in [0.05, 0.1) is 10.6 Å². The Hall–Kier alpha value is -1.42. The number of amidine groups is 1.